The van der Waals surface area contributed by atoms with E-state index in [0.717, 1.165) is 0 Å². The Balaban J connectivity index is 3.59. The molecule has 0 aromatic carbocycles. The van der Waals surface area contributed by atoms with Gasteiger partial charge < -0.3 is 10.2 Å². The average Bonchev–Trinajstić information content (AvgIpc) is 1.64. The van der Waals surface area contributed by atoms with Crippen molar-refractivity contribution in [3.05, 3.63) is 0 Å². The third-order valence-corrected chi connectivity index (χ3v) is 0.941. The molecule has 0 saturated carbocycles. The lowest BCUT2D eigenvalue weighted by Gasteiger charge is -2.14. The molecule has 4 heteroatoms. The molecule has 2 N–H and O–H groups in total. The van der Waals surface area contributed by atoms with Crippen LogP contribution in [0.2, 0.25) is 0 Å². The first-order valence-corrected chi connectivity index (χ1v) is 2.76. The molecule has 0 radical (unpaired) electrons. The molecule has 0 aromatic heterocycles. The first-order valence-electron chi connectivity index (χ1n) is 2.76. The van der Waals surface area contributed by atoms with E-state index in [1.807, 2.05) is 0 Å². The third-order valence-electron chi connectivity index (χ3n) is 0.941. The van der Waals surface area contributed by atoms with Gasteiger partial charge >= 0.3 is 6.04 Å². The minimum atomic E-state index is -3.66. The van der Waals surface area contributed by atoms with Gasteiger partial charge in [0.05, 0.1) is 0 Å². The smallest absolute Gasteiger partial charge is 0.338 e. The van der Waals surface area contributed by atoms with Crippen LogP contribution in [-0.2, 0) is 0 Å². The second-order valence-electron chi connectivity index (χ2n) is 1.89. The van der Waals surface area contributed by atoms with Crippen molar-refractivity contribution in [2.45, 2.75) is 32.0 Å². The van der Waals surface area contributed by atoms with E-state index in [0.29, 0.717) is 6.42 Å². The Hall–Kier alpha value is -0.220. The van der Waals surface area contributed by atoms with Crippen LogP contribution in [0.5, 0.6) is 0 Å². The summed E-state index contributed by atoms with van der Waals surface area (Å²) in [5.41, 5.74) is 0. The van der Waals surface area contributed by atoms with Gasteiger partial charge in [-0.25, -0.2) is 4.39 Å². The zero-order chi connectivity index (χ0) is 7.49. The van der Waals surface area contributed by atoms with E-state index in [1.54, 1.807) is 6.92 Å². The van der Waals surface area contributed by atoms with Gasteiger partial charge in [-0.2, -0.15) is 4.39 Å². The van der Waals surface area contributed by atoms with Crippen LogP contribution >= 0.6 is 0 Å². The van der Waals surface area contributed by atoms with Gasteiger partial charge in [0.2, 0.25) is 0 Å². The van der Waals surface area contributed by atoms with Crippen LogP contribution < -0.4 is 0 Å². The molecular formula is C5H10F2O2. The maximum Gasteiger partial charge on any atom is 0.347 e. The van der Waals surface area contributed by atoms with Crippen LogP contribution in [0.15, 0.2) is 0 Å². The minimum absolute atomic E-state index is 0.177. The predicted octanol–water partition coefficient (Wildman–Crippen LogP) is 0.732. The van der Waals surface area contributed by atoms with Crippen LogP contribution in [0.4, 0.5) is 8.78 Å². The van der Waals surface area contributed by atoms with Crippen molar-refractivity contribution in [3.63, 3.8) is 0 Å². The molecule has 0 aliphatic carbocycles. The summed E-state index contributed by atoms with van der Waals surface area (Å²) in [5, 5.41) is 15.9. The monoisotopic (exact) mass is 140 g/mol. The number of aliphatic hydroxyl groups is 2. The van der Waals surface area contributed by atoms with Crippen molar-refractivity contribution >= 4 is 0 Å². The van der Waals surface area contributed by atoms with E-state index >= 15 is 0 Å². The number of halogens is 2. The summed E-state index contributed by atoms with van der Waals surface area (Å²) in [5.74, 6) is 0. The van der Waals surface area contributed by atoms with E-state index < -0.39 is 12.2 Å². The number of rotatable bonds is 3. The van der Waals surface area contributed by atoms with Gasteiger partial charge in [-0.15, -0.1) is 0 Å². The van der Waals surface area contributed by atoms with Crippen molar-refractivity contribution in [3.8, 4) is 0 Å². The first kappa shape index (κ1) is 8.78. The van der Waals surface area contributed by atoms with Crippen LogP contribution in [0, 0.1) is 0 Å². The van der Waals surface area contributed by atoms with Gasteiger partial charge in [0.25, 0.3) is 0 Å². The molecule has 0 aliphatic heterocycles. The maximum absolute atomic E-state index is 12.0. The summed E-state index contributed by atoms with van der Waals surface area (Å²) in [7, 11) is 0. The Bertz CT molecular complexity index is 79.5. The molecular weight excluding hydrogens is 130 g/mol. The summed E-state index contributed by atoms with van der Waals surface area (Å²) in [4.78, 5) is 0. The molecule has 0 bridgehead atoms. The quantitative estimate of drug-likeness (QED) is 0.567. The Morgan fingerprint density at radius 3 is 2.11 bits per heavy atom. The van der Waals surface area contributed by atoms with Gasteiger partial charge in [0.15, 0.2) is 6.17 Å². The summed E-state index contributed by atoms with van der Waals surface area (Å²) >= 11 is 0. The fraction of sp³-hybridized carbons (Fsp3) is 1.00. The second kappa shape index (κ2) is 3.08. The van der Waals surface area contributed by atoms with Gasteiger partial charge in [-0.3, -0.25) is 0 Å². The lowest BCUT2D eigenvalue weighted by molar-refractivity contribution is -0.294. The fourth-order valence-corrected chi connectivity index (χ4v) is 0.437. The van der Waals surface area contributed by atoms with Gasteiger partial charge in [0, 0.05) is 0 Å². The lowest BCUT2D eigenvalue weighted by Crippen LogP contribution is -2.33. The lowest BCUT2D eigenvalue weighted by atomic mass is 10.2. The van der Waals surface area contributed by atoms with Crippen molar-refractivity contribution in [2.75, 3.05) is 0 Å². The molecule has 1 atom stereocenters. The number of alkyl halides is 2. The molecule has 0 heterocycles. The van der Waals surface area contributed by atoms with Crippen molar-refractivity contribution in [1.29, 1.82) is 0 Å². The molecule has 9 heavy (non-hydrogen) atoms. The van der Waals surface area contributed by atoms with Crippen molar-refractivity contribution < 1.29 is 19.0 Å². The van der Waals surface area contributed by atoms with Gasteiger partial charge in [0.1, 0.15) is 0 Å². The van der Waals surface area contributed by atoms with Crippen molar-refractivity contribution in [1.82, 2.24) is 0 Å². The SMILES string of the molecule is CCCC(F)C(O)(O)F. The van der Waals surface area contributed by atoms with Crippen molar-refractivity contribution in [2.24, 2.45) is 0 Å². The molecule has 1 unspecified atom stereocenters. The molecule has 0 fully saturated rings. The molecule has 0 aliphatic rings. The third kappa shape index (κ3) is 3.37. The van der Waals surface area contributed by atoms with Crippen LogP contribution in [0.25, 0.3) is 0 Å². The van der Waals surface area contributed by atoms with E-state index in [-0.39, 0.29) is 6.42 Å². The second-order valence-corrected chi connectivity index (χ2v) is 1.89. The topological polar surface area (TPSA) is 40.5 Å². The first-order chi connectivity index (χ1) is 3.98. The van der Waals surface area contributed by atoms with E-state index in [2.05, 4.69) is 0 Å². The van der Waals surface area contributed by atoms with Crippen LogP contribution in [0.1, 0.15) is 19.8 Å². The Kier molecular flexibility index (Phi) is 3.00. The highest BCUT2D eigenvalue weighted by molar-refractivity contribution is 4.62. The normalized spacial score (nSPS) is 15.7. The summed E-state index contributed by atoms with van der Waals surface area (Å²) in [6.07, 6.45) is -1.99. The highest BCUT2D eigenvalue weighted by Crippen LogP contribution is 2.16. The largest absolute Gasteiger partial charge is 0.347 e. The minimum Gasteiger partial charge on any atom is -0.338 e. The standard InChI is InChI=1S/C5H10F2O2/c1-2-3-4(6)5(7,8)9/h4,8-9H,2-3H2,1H3. The summed E-state index contributed by atoms with van der Waals surface area (Å²) in [6.45, 7) is 1.62. The van der Waals surface area contributed by atoms with Gasteiger partial charge in [-0.1, -0.05) is 13.3 Å². The number of hydrogen-bond donors (Lipinski definition) is 2. The number of hydrogen-bond acceptors (Lipinski definition) is 2. The molecule has 0 rings (SSSR count). The fourth-order valence-electron chi connectivity index (χ4n) is 0.437. The zero-order valence-corrected chi connectivity index (χ0v) is 5.14. The summed E-state index contributed by atoms with van der Waals surface area (Å²) in [6, 6.07) is -3.66. The molecule has 0 spiro atoms. The summed E-state index contributed by atoms with van der Waals surface area (Å²) < 4.78 is 23.7. The molecule has 2 nitrogen and oxygen atoms in total. The predicted molar refractivity (Wildman–Crippen MR) is 28.1 cm³/mol. The van der Waals surface area contributed by atoms with Crippen LogP contribution in [-0.4, -0.2) is 22.4 Å². The molecule has 0 amide bonds. The highest BCUT2D eigenvalue weighted by atomic mass is 19.2. The average molecular weight is 140 g/mol. The van der Waals surface area contributed by atoms with E-state index in [4.69, 9.17) is 10.2 Å². The Morgan fingerprint density at radius 1 is 1.56 bits per heavy atom. The highest BCUT2D eigenvalue weighted by Gasteiger charge is 2.33. The van der Waals surface area contributed by atoms with Crippen LogP contribution in [0.3, 0.4) is 0 Å². The Morgan fingerprint density at radius 2 is 2.00 bits per heavy atom. The maximum atomic E-state index is 12.0. The Labute approximate surface area is 52.1 Å². The molecule has 0 aromatic rings. The zero-order valence-electron chi connectivity index (χ0n) is 5.14. The van der Waals surface area contributed by atoms with E-state index in [1.165, 1.54) is 0 Å². The molecule has 0 saturated heterocycles. The van der Waals surface area contributed by atoms with Gasteiger partial charge in [-0.05, 0) is 6.42 Å². The molecule has 56 valence electrons. The van der Waals surface area contributed by atoms with E-state index in [9.17, 15) is 8.78 Å².